The van der Waals surface area contributed by atoms with E-state index in [0.29, 0.717) is 0 Å². The fourth-order valence-corrected chi connectivity index (χ4v) is 6.00. The molecule has 0 N–H and O–H groups in total. The van der Waals surface area contributed by atoms with Crippen LogP contribution >= 0.6 is 0 Å². The number of aromatic nitrogens is 3. The molecule has 3 nitrogen and oxygen atoms in total. The highest BCUT2D eigenvalue weighted by Crippen LogP contribution is 2.42. The van der Waals surface area contributed by atoms with E-state index in [4.69, 9.17) is 0 Å². The number of fused-ring (bicyclic) bond motifs is 7. The second-order valence-electron chi connectivity index (χ2n) is 9.68. The average Bonchev–Trinajstić information content (AvgIpc) is 3.51. The smallest absolute Gasteiger partial charge is 0.0641 e. The molecular weight excluding hydrogens is 462 g/mol. The van der Waals surface area contributed by atoms with Crippen LogP contribution in [0.25, 0.3) is 66.1 Å². The van der Waals surface area contributed by atoms with Crippen molar-refractivity contribution in [2.75, 3.05) is 0 Å². The monoisotopic (exact) mass is 485 g/mol. The normalized spacial score (nSPS) is 11.7. The highest BCUT2D eigenvalue weighted by Gasteiger charge is 2.20. The number of para-hydroxylation sites is 3. The van der Waals surface area contributed by atoms with E-state index in [1.54, 1.807) is 0 Å². The Bertz CT molecular complexity index is 2120. The first kappa shape index (κ1) is 21.0. The van der Waals surface area contributed by atoms with Crippen LogP contribution in [0.4, 0.5) is 0 Å². The SMILES string of the molecule is c1ccc(-n2c3ccccc3c3c2ccc2c4ccccc4n(-c4cccc(-c5ccncc5)c4)c23)cc1. The van der Waals surface area contributed by atoms with E-state index in [-0.39, 0.29) is 0 Å². The maximum absolute atomic E-state index is 4.21. The highest BCUT2D eigenvalue weighted by atomic mass is 15.0. The van der Waals surface area contributed by atoms with Gasteiger partial charge in [0.25, 0.3) is 0 Å². The van der Waals surface area contributed by atoms with Gasteiger partial charge in [-0.25, -0.2) is 0 Å². The Hall–Kier alpha value is -5.15. The van der Waals surface area contributed by atoms with E-state index in [0.717, 1.165) is 11.3 Å². The summed E-state index contributed by atoms with van der Waals surface area (Å²) in [4.78, 5) is 4.21. The van der Waals surface area contributed by atoms with Crippen LogP contribution in [0.5, 0.6) is 0 Å². The van der Waals surface area contributed by atoms with Crippen molar-refractivity contribution in [1.82, 2.24) is 14.1 Å². The number of rotatable bonds is 3. The molecule has 38 heavy (non-hydrogen) atoms. The molecule has 3 aromatic heterocycles. The number of nitrogens with zero attached hydrogens (tertiary/aromatic N) is 3. The summed E-state index contributed by atoms with van der Waals surface area (Å²) in [7, 11) is 0. The van der Waals surface area contributed by atoms with E-state index in [2.05, 4.69) is 142 Å². The summed E-state index contributed by atoms with van der Waals surface area (Å²) in [6.07, 6.45) is 3.70. The van der Waals surface area contributed by atoms with Crippen LogP contribution in [0.1, 0.15) is 0 Å². The van der Waals surface area contributed by atoms with Crippen LogP contribution in [0.2, 0.25) is 0 Å². The van der Waals surface area contributed by atoms with Gasteiger partial charge in [0, 0.05) is 45.3 Å². The summed E-state index contributed by atoms with van der Waals surface area (Å²) in [5.41, 5.74) is 9.51. The molecule has 0 fully saturated rings. The second kappa shape index (κ2) is 8.19. The van der Waals surface area contributed by atoms with Crippen LogP contribution in [-0.2, 0) is 0 Å². The molecule has 8 aromatic rings. The minimum Gasteiger partial charge on any atom is -0.309 e. The first-order valence-corrected chi connectivity index (χ1v) is 12.9. The molecule has 0 unspecified atom stereocenters. The van der Waals surface area contributed by atoms with Gasteiger partial charge in [0.15, 0.2) is 0 Å². The summed E-state index contributed by atoms with van der Waals surface area (Å²) in [6.45, 7) is 0. The van der Waals surface area contributed by atoms with Gasteiger partial charge in [-0.3, -0.25) is 4.98 Å². The molecule has 0 radical (unpaired) electrons. The maximum atomic E-state index is 4.21. The van der Waals surface area contributed by atoms with Gasteiger partial charge < -0.3 is 9.13 Å². The third-order valence-electron chi connectivity index (χ3n) is 7.60. The topological polar surface area (TPSA) is 22.8 Å². The predicted molar refractivity (Wildman–Crippen MR) is 158 cm³/mol. The Kier molecular flexibility index (Phi) is 4.52. The molecule has 8 rings (SSSR count). The Morgan fingerprint density at radius 2 is 1.11 bits per heavy atom. The molecule has 178 valence electrons. The van der Waals surface area contributed by atoms with E-state index in [1.807, 2.05) is 12.4 Å². The lowest BCUT2D eigenvalue weighted by atomic mass is 10.1. The van der Waals surface area contributed by atoms with Gasteiger partial charge in [-0.05, 0) is 65.7 Å². The first-order chi connectivity index (χ1) is 18.9. The number of pyridine rings is 1. The van der Waals surface area contributed by atoms with Crippen LogP contribution in [-0.4, -0.2) is 14.1 Å². The van der Waals surface area contributed by atoms with Crippen LogP contribution in [0.15, 0.2) is 140 Å². The molecule has 0 amide bonds. The summed E-state index contributed by atoms with van der Waals surface area (Å²) in [6, 6.07) is 45.7. The molecule has 0 spiro atoms. The lowest BCUT2D eigenvalue weighted by Gasteiger charge is -2.11. The molecule has 0 saturated heterocycles. The van der Waals surface area contributed by atoms with Crippen molar-refractivity contribution in [2.24, 2.45) is 0 Å². The van der Waals surface area contributed by atoms with Gasteiger partial charge in [0.2, 0.25) is 0 Å². The van der Waals surface area contributed by atoms with Gasteiger partial charge in [-0.15, -0.1) is 0 Å². The minimum atomic E-state index is 1.15. The Morgan fingerprint density at radius 1 is 0.421 bits per heavy atom. The molecule has 5 aromatic carbocycles. The number of benzene rings is 5. The van der Waals surface area contributed by atoms with Gasteiger partial charge >= 0.3 is 0 Å². The van der Waals surface area contributed by atoms with Gasteiger partial charge in [0.1, 0.15) is 0 Å². The Morgan fingerprint density at radius 3 is 1.92 bits per heavy atom. The molecule has 0 aliphatic rings. The van der Waals surface area contributed by atoms with Gasteiger partial charge in [0.05, 0.1) is 22.1 Å². The molecule has 0 aliphatic carbocycles. The largest absolute Gasteiger partial charge is 0.309 e. The van der Waals surface area contributed by atoms with Crippen molar-refractivity contribution in [1.29, 1.82) is 0 Å². The third-order valence-corrected chi connectivity index (χ3v) is 7.60. The van der Waals surface area contributed by atoms with Crippen molar-refractivity contribution in [3.63, 3.8) is 0 Å². The standard InChI is InChI=1S/C35H23N3/c1-2-10-26(11-3-1)37-32-16-7-5-14-30(32)34-33(37)18-17-29-28-13-4-6-15-31(28)38(35(29)34)27-12-8-9-25(23-27)24-19-21-36-22-20-24/h1-23H. The molecule has 0 saturated carbocycles. The van der Waals surface area contributed by atoms with Crippen LogP contribution in [0.3, 0.4) is 0 Å². The lowest BCUT2D eigenvalue weighted by Crippen LogP contribution is -1.95. The zero-order valence-electron chi connectivity index (χ0n) is 20.6. The minimum absolute atomic E-state index is 1.15. The number of hydrogen-bond donors (Lipinski definition) is 0. The van der Waals surface area contributed by atoms with Gasteiger partial charge in [-0.2, -0.15) is 0 Å². The van der Waals surface area contributed by atoms with Crippen molar-refractivity contribution in [3.05, 3.63) is 140 Å². The summed E-state index contributed by atoms with van der Waals surface area (Å²) in [5.74, 6) is 0. The second-order valence-corrected chi connectivity index (χ2v) is 9.68. The fraction of sp³-hybridized carbons (Fsp3) is 0. The predicted octanol–water partition coefficient (Wildman–Crippen LogP) is 8.94. The molecule has 0 aliphatic heterocycles. The van der Waals surface area contributed by atoms with Crippen molar-refractivity contribution in [3.8, 4) is 22.5 Å². The zero-order valence-corrected chi connectivity index (χ0v) is 20.6. The molecule has 3 heteroatoms. The molecular formula is C35H23N3. The number of hydrogen-bond acceptors (Lipinski definition) is 1. The van der Waals surface area contributed by atoms with Crippen molar-refractivity contribution in [2.45, 2.75) is 0 Å². The first-order valence-electron chi connectivity index (χ1n) is 12.9. The lowest BCUT2D eigenvalue weighted by molar-refractivity contribution is 1.17. The quantitative estimate of drug-likeness (QED) is 0.245. The summed E-state index contributed by atoms with van der Waals surface area (Å²) >= 11 is 0. The van der Waals surface area contributed by atoms with E-state index in [1.165, 1.54) is 54.9 Å². The molecule has 3 heterocycles. The third kappa shape index (κ3) is 2.99. The molecule has 0 bridgehead atoms. The highest BCUT2D eigenvalue weighted by molar-refractivity contribution is 6.26. The average molecular weight is 486 g/mol. The summed E-state index contributed by atoms with van der Waals surface area (Å²) in [5, 5.41) is 5.05. The zero-order chi connectivity index (χ0) is 25.1. The Labute approximate surface area is 219 Å². The summed E-state index contributed by atoms with van der Waals surface area (Å²) < 4.78 is 4.83. The van der Waals surface area contributed by atoms with Crippen LogP contribution in [0, 0.1) is 0 Å². The molecule has 0 atom stereocenters. The van der Waals surface area contributed by atoms with E-state index < -0.39 is 0 Å². The van der Waals surface area contributed by atoms with Gasteiger partial charge in [-0.1, -0.05) is 72.8 Å². The maximum Gasteiger partial charge on any atom is 0.0641 e. The van der Waals surface area contributed by atoms with E-state index >= 15 is 0 Å². The van der Waals surface area contributed by atoms with Crippen molar-refractivity contribution >= 4 is 43.6 Å². The van der Waals surface area contributed by atoms with E-state index in [9.17, 15) is 0 Å². The van der Waals surface area contributed by atoms with Crippen LogP contribution < -0.4 is 0 Å². The Balaban J connectivity index is 1.55. The van der Waals surface area contributed by atoms with Crippen molar-refractivity contribution < 1.29 is 0 Å². The fourth-order valence-electron chi connectivity index (χ4n) is 6.00.